The molecule has 5 nitrogen and oxygen atoms in total. The number of hydrogen-bond donors (Lipinski definition) is 1. The lowest BCUT2D eigenvalue weighted by molar-refractivity contribution is -0.123. The Bertz CT molecular complexity index is 977. The molecular formula is C22H19ClN2O3. The average molecular weight is 395 g/mol. The molecule has 1 N–H and O–H groups in total. The average Bonchev–Trinajstić information content (AvgIpc) is 3.37. The highest BCUT2D eigenvalue weighted by Gasteiger charge is 2.61. The summed E-state index contributed by atoms with van der Waals surface area (Å²) >= 11 is 6.10. The Morgan fingerprint density at radius 2 is 1.64 bits per heavy atom. The SMILES string of the molecule is O=C(Nc1ccccc1Cl)c1cccc(N2C(=O)[C@@H]3[C@H]4CC[C@@H](C4)[C@@H]3C2=O)c1. The fourth-order valence-corrected chi connectivity index (χ4v) is 5.39. The number of nitrogens with one attached hydrogen (secondary N) is 1. The van der Waals surface area contributed by atoms with Crippen LogP contribution in [0.4, 0.5) is 11.4 Å². The number of rotatable bonds is 3. The molecular weight excluding hydrogens is 376 g/mol. The zero-order valence-corrected chi connectivity index (χ0v) is 15.9. The molecule has 0 aromatic heterocycles. The quantitative estimate of drug-likeness (QED) is 0.796. The van der Waals surface area contributed by atoms with Crippen LogP contribution in [0, 0.1) is 23.7 Å². The maximum Gasteiger partial charge on any atom is 0.255 e. The first-order valence-electron chi connectivity index (χ1n) is 9.58. The summed E-state index contributed by atoms with van der Waals surface area (Å²) < 4.78 is 0. The van der Waals surface area contributed by atoms with Crippen LogP contribution in [0.1, 0.15) is 29.6 Å². The zero-order chi connectivity index (χ0) is 19.4. The van der Waals surface area contributed by atoms with Gasteiger partial charge in [-0.25, -0.2) is 0 Å². The van der Waals surface area contributed by atoms with Gasteiger partial charge in [-0.1, -0.05) is 29.8 Å². The number of carbonyl (C=O) groups excluding carboxylic acids is 3. The normalized spacial score (nSPS) is 28.0. The predicted octanol–water partition coefficient (Wildman–Crippen LogP) is 4.13. The fraction of sp³-hybridized carbons (Fsp3) is 0.318. The number of benzene rings is 2. The molecule has 1 saturated heterocycles. The van der Waals surface area contributed by atoms with Gasteiger partial charge in [0.05, 0.1) is 28.2 Å². The van der Waals surface area contributed by atoms with E-state index in [2.05, 4.69) is 5.32 Å². The summed E-state index contributed by atoms with van der Waals surface area (Å²) in [7, 11) is 0. The van der Waals surface area contributed by atoms with Crippen molar-refractivity contribution in [3.8, 4) is 0 Å². The molecule has 2 aromatic carbocycles. The van der Waals surface area contributed by atoms with Gasteiger partial charge in [-0.15, -0.1) is 0 Å². The Labute approximate surface area is 167 Å². The van der Waals surface area contributed by atoms with Gasteiger partial charge in [0.2, 0.25) is 11.8 Å². The lowest BCUT2D eigenvalue weighted by atomic mass is 9.81. The maximum absolute atomic E-state index is 13.0. The smallest absolute Gasteiger partial charge is 0.255 e. The summed E-state index contributed by atoms with van der Waals surface area (Å²) in [6, 6.07) is 13.7. The van der Waals surface area contributed by atoms with E-state index in [1.54, 1.807) is 48.5 Å². The molecule has 6 heteroatoms. The van der Waals surface area contributed by atoms with Crippen LogP contribution in [0.5, 0.6) is 0 Å². The molecule has 3 amide bonds. The highest BCUT2D eigenvalue weighted by molar-refractivity contribution is 6.34. The van der Waals surface area contributed by atoms with Crippen LogP contribution in [0.25, 0.3) is 0 Å². The van der Waals surface area contributed by atoms with Gasteiger partial charge >= 0.3 is 0 Å². The molecule has 2 bridgehead atoms. The van der Waals surface area contributed by atoms with E-state index in [-0.39, 0.29) is 29.6 Å². The Kier molecular flexibility index (Phi) is 4.02. The monoisotopic (exact) mass is 394 g/mol. The molecule has 2 aliphatic carbocycles. The topological polar surface area (TPSA) is 66.5 Å². The highest BCUT2D eigenvalue weighted by atomic mass is 35.5. The third-order valence-corrected chi connectivity index (χ3v) is 6.75. The van der Waals surface area contributed by atoms with Crippen molar-refractivity contribution in [1.29, 1.82) is 0 Å². The van der Waals surface area contributed by atoms with Crippen LogP contribution in [0.3, 0.4) is 0 Å². The van der Waals surface area contributed by atoms with Crippen LogP contribution in [-0.4, -0.2) is 17.7 Å². The fourth-order valence-electron chi connectivity index (χ4n) is 5.21. The molecule has 4 atom stereocenters. The Morgan fingerprint density at radius 3 is 2.32 bits per heavy atom. The van der Waals surface area contributed by atoms with Gasteiger partial charge in [-0.2, -0.15) is 0 Å². The summed E-state index contributed by atoms with van der Waals surface area (Å²) in [6.45, 7) is 0. The highest BCUT2D eigenvalue weighted by Crippen LogP contribution is 2.56. The molecule has 0 radical (unpaired) electrons. The first-order chi connectivity index (χ1) is 13.5. The molecule has 3 fully saturated rings. The van der Waals surface area contributed by atoms with E-state index in [0.29, 0.717) is 33.8 Å². The number of amides is 3. The van der Waals surface area contributed by atoms with E-state index in [4.69, 9.17) is 11.6 Å². The van der Waals surface area contributed by atoms with Crippen LogP contribution in [-0.2, 0) is 9.59 Å². The molecule has 0 unspecified atom stereocenters. The third-order valence-electron chi connectivity index (χ3n) is 6.42. The number of halogens is 1. The van der Waals surface area contributed by atoms with Crippen molar-refractivity contribution in [3.05, 3.63) is 59.1 Å². The molecule has 28 heavy (non-hydrogen) atoms. The largest absolute Gasteiger partial charge is 0.321 e. The van der Waals surface area contributed by atoms with Crippen LogP contribution in [0.2, 0.25) is 5.02 Å². The number of imide groups is 1. The Morgan fingerprint density at radius 1 is 0.964 bits per heavy atom. The van der Waals surface area contributed by atoms with Gasteiger partial charge in [0.15, 0.2) is 0 Å². The van der Waals surface area contributed by atoms with Crippen LogP contribution < -0.4 is 10.2 Å². The van der Waals surface area contributed by atoms with Crippen molar-refractivity contribution < 1.29 is 14.4 Å². The first kappa shape index (κ1) is 17.4. The zero-order valence-electron chi connectivity index (χ0n) is 15.1. The van der Waals surface area contributed by atoms with Crippen molar-refractivity contribution in [1.82, 2.24) is 0 Å². The van der Waals surface area contributed by atoms with E-state index >= 15 is 0 Å². The second-order valence-corrected chi connectivity index (χ2v) is 8.29. The minimum absolute atomic E-state index is 0.106. The number of hydrogen-bond acceptors (Lipinski definition) is 3. The van der Waals surface area contributed by atoms with Crippen molar-refractivity contribution in [2.75, 3.05) is 10.2 Å². The van der Waals surface area contributed by atoms with Crippen molar-refractivity contribution in [3.63, 3.8) is 0 Å². The third kappa shape index (κ3) is 2.57. The van der Waals surface area contributed by atoms with E-state index in [1.807, 2.05) is 0 Å². The van der Waals surface area contributed by atoms with Crippen molar-refractivity contribution in [2.45, 2.75) is 19.3 Å². The number of carbonyl (C=O) groups is 3. The van der Waals surface area contributed by atoms with E-state index in [0.717, 1.165) is 19.3 Å². The molecule has 3 aliphatic rings. The number of para-hydroxylation sites is 1. The van der Waals surface area contributed by atoms with E-state index in [1.165, 1.54) is 4.90 Å². The van der Waals surface area contributed by atoms with E-state index in [9.17, 15) is 14.4 Å². The second kappa shape index (κ2) is 6.45. The molecule has 1 aliphatic heterocycles. The summed E-state index contributed by atoms with van der Waals surface area (Å²) in [5, 5.41) is 3.22. The minimum Gasteiger partial charge on any atom is -0.321 e. The lowest BCUT2D eigenvalue weighted by Gasteiger charge is -2.19. The standard InChI is InChI=1S/C22H19ClN2O3/c23-16-6-1-2-7-17(16)24-20(26)14-4-3-5-15(11-14)25-21(27)18-12-8-9-13(10-12)19(18)22(25)28/h1-7,11-13,18-19H,8-10H2,(H,24,26)/t12-,13-,18-,19+/m0/s1. The first-order valence-corrected chi connectivity index (χ1v) is 9.96. The van der Waals surface area contributed by atoms with Gasteiger partial charge in [0, 0.05) is 5.56 Å². The molecule has 2 saturated carbocycles. The minimum atomic E-state index is -0.339. The van der Waals surface area contributed by atoms with Crippen molar-refractivity contribution in [2.24, 2.45) is 23.7 Å². The van der Waals surface area contributed by atoms with Crippen LogP contribution in [0.15, 0.2) is 48.5 Å². The van der Waals surface area contributed by atoms with Gasteiger partial charge in [-0.3, -0.25) is 19.3 Å². The summed E-state index contributed by atoms with van der Waals surface area (Å²) in [5.74, 6) is -0.226. The number of fused-ring (bicyclic) bond motifs is 5. The van der Waals surface area contributed by atoms with Gasteiger partial charge in [0.25, 0.3) is 5.91 Å². The van der Waals surface area contributed by atoms with Crippen LogP contribution >= 0.6 is 11.6 Å². The summed E-state index contributed by atoms with van der Waals surface area (Å²) in [4.78, 5) is 39.9. The summed E-state index contributed by atoms with van der Waals surface area (Å²) in [5.41, 5.74) is 1.35. The summed E-state index contributed by atoms with van der Waals surface area (Å²) in [6.07, 6.45) is 3.08. The molecule has 5 rings (SSSR count). The molecule has 2 aromatic rings. The Hall–Kier alpha value is -2.66. The number of nitrogens with zero attached hydrogens (tertiary/aromatic N) is 1. The van der Waals surface area contributed by atoms with E-state index < -0.39 is 0 Å². The lowest BCUT2D eigenvalue weighted by Crippen LogP contribution is -2.33. The predicted molar refractivity (Wildman–Crippen MR) is 106 cm³/mol. The van der Waals surface area contributed by atoms with Gasteiger partial charge < -0.3 is 5.32 Å². The molecule has 0 spiro atoms. The second-order valence-electron chi connectivity index (χ2n) is 7.88. The van der Waals surface area contributed by atoms with Gasteiger partial charge in [0.1, 0.15) is 0 Å². The van der Waals surface area contributed by atoms with Crippen molar-refractivity contribution >= 4 is 40.7 Å². The maximum atomic E-state index is 13.0. The molecule has 1 heterocycles. The Balaban J connectivity index is 1.42. The van der Waals surface area contributed by atoms with Gasteiger partial charge in [-0.05, 0) is 61.4 Å². The number of anilines is 2. The molecule has 142 valence electrons.